The lowest BCUT2D eigenvalue weighted by molar-refractivity contribution is -0.135. The zero-order valence-electron chi connectivity index (χ0n) is 11.9. The second kappa shape index (κ2) is 7.07. The van der Waals surface area contributed by atoms with Crippen molar-refractivity contribution in [2.75, 3.05) is 37.0 Å². The molecule has 0 saturated heterocycles. The van der Waals surface area contributed by atoms with Crippen LogP contribution in [0, 0.1) is 0 Å². The molecule has 0 aromatic heterocycles. The molecule has 0 fully saturated rings. The van der Waals surface area contributed by atoms with Gasteiger partial charge in [-0.2, -0.15) is 0 Å². The largest absolute Gasteiger partial charge is 0.480 e. The molecule has 0 spiro atoms. The third kappa shape index (κ3) is 5.82. The van der Waals surface area contributed by atoms with Gasteiger partial charge in [0, 0.05) is 25.5 Å². The molecule has 2 amide bonds. The lowest BCUT2D eigenvalue weighted by Crippen LogP contribution is -2.45. The van der Waals surface area contributed by atoms with Gasteiger partial charge in [0.05, 0.1) is 5.75 Å². The van der Waals surface area contributed by atoms with Crippen LogP contribution in [-0.4, -0.2) is 62.6 Å². The van der Waals surface area contributed by atoms with E-state index >= 15 is 0 Å². The van der Waals surface area contributed by atoms with Crippen molar-refractivity contribution in [2.24, 2.45) is 0 Å². The molecule has 21 heavy (non-hydrogen) atoms. The van der Waals surface area contributed by atoms with Gasteiger partial charge >= 0.3 is 12.0 Å². The van der Waals surface area contributed by atoms with E-state index in [0.29, 0.717) is 5.69 Å². The molecule has 0 aliphatic rings. The summed E-state index contributed by atoms with van der Waals surface area (Å²) in [6.45, 7) is -0.493. The number of urea groups is 1. The molecule has 0 aliphatic carbocycles. The number of carbonyl (C=O) groups excluding carboxylic acids is 1. The van der Waals surface area contributed by atoms with Crippen LogP contribution in [0.3, 0.4) is 0 Å². The van der Waals surface area contributed by atoms with Crippen LogP contribution in [0.1, 0.15) is 0 Å². The van der Waals surface area contributed by atoms with Gasteiger partial charge in [-0.3, -0.25) is 9.69 Å². The fourth-order valence-electron chi connectivity index (χ4n) is 1.62. The maximum absolute atomic E-state index is 12.3. The first-order valence-electron chi connectivity index (χ1n) is 6.18. The van der Waals surface area contributed by atoms with E-state index in [1.54, 1.807) is 30.3 Å². The van der Waals surface area contributed by atoms with Crippen LogP contribution in [0.2, 0.25) is 0 Å². The molecule has 0 unspecified atom stereocenters. The van der Waals surface area contributed by atoms with Crippen LogP contribution in [0.4, 0.5) is 10.5 Å². The summed E-state index contributed by atoms with van der Waals surface area (Å²) >= 11 is 0. The van der Waals surface area contributed by atoms with E-state index in [0.717, 1.165) is 11.2 Å². The maximum Gasteiger partial charge on any atom is 0.324 e. The van der Waals surface area contributed by atoms with E-state index < -0.39 is 28.4 Å². The molecule has 0 saturated carbocycles. The number of hydrogen-bond donors (Lipinski definition) is 1. The number of hydrogen-bond acceptors (Lipinski definition) is 4. The first-order valence-corrected chi connectivity index (χ1v) is 8.24. The molecule has 1 aromatic rings. The number of anilines is 1. The Hall–Kier alpha value is -2.09. The lowest BCUT2D eigenvalue weighted by Gasteiger charge is -2.26. The van der Waals surface area contributed by atoms with Crippen LogP contribution in [-0.2, 0) is 14.6 Å². The monoisotopic (exact) mass is 314 g/mol. The molecule has 0 bridgehead atoms. The van der Waals surface area contributed by atoms with E-state index in [2.05, 4.69) is 0 Å². The molecule has 0 heterocycles. The topological polar surface area (TPSA) is 95.0 Å². The molecule has 1 rings (SSSR count). The molecule has 0 radical (unpaired) electrons. The molecule has 1 aromatic carbocycles. The van der Waals surface area contributed by atoms with Crippen LogP contribution >= 0.6 is 0 Å². The Morgan fingerprint density at radius 1 is 1.19 bits per heavy atom. The molecule has 8 heteroatoms. The highest BCUT2D eigenvalue weighted by molar-refractivity contribution is 7.90. The predicted octanol–water partition coefficient (Wildman–Crippen LogP) is 0.674. The fraction of sp³-hybridized carbons (Fsp3) is 0.385. The van der Waals surface area contributed by atoms with Crippen molar-refractivity contribution >= 4 is 27.5 Å². The Morgan fingerprint density at radius 3 is 2.24 bits per heavy atom. The highest BCUT2D eigenvalue weighted by Crippen LogP contribution is 2.14. The molecular formula is C13H18N2O5S. The molecule has 1 N–H and O–H groups in total. The van der Waals surface area contributed by atoms with Gasteiger partial charge in [0.1, 0.15) is 16.4 Å². The summed E-state index contributed by atoms with van der Waals surface area (Å²) in [7, 11) is -1.76. The van der Waals surface area contributed by atoms with Crippen molar-refractivity contribution in [3.8, 4) is 0 Å². The van der Waals surface area contributed by atoms with Crippen molar-refractivity contribution in [2.45, 2.75) is 0 Å². The quantitative estimate of drug-likeness (QED) is 0.833. The van der Waals surface area contributed by atoms with E-state index in [1.807, 2.05) is 0 Å². The van der Waals surface area contributed by atoms with Crippen molar-refractivity contribution < 1.29 is 23.1 Å². The minimum absolute atomic E-state index is 0.000614. The van der Waals surface area contributed by atoms with Crippen molar-refractivity contribution in [1.82, 2.24) is 4.90 Å². The molecule has 7 nitrogen and oxygen atoms in total. The zero-order valence-corrected chi connectivity index (χ0v) is 12.7. The molecule has 0 atom stereocenters. The van der Waals surface area contributed by atoms with Crippen LogP contribution in [0.15, 0.2) is 30.3 Å². The number of sulfone groups is 1. The summed E-state index contributed by atoms with van der Waals surface area (Å²) in [5.74, 6) is -1.32. The second-order valence-corrected chi connectivity index (χ2v) is 6.91. The van der Waals surface area contributed by atoms with E-state index in [9.17, 15) is 18.0 Å². The predicted molar refractivity (Wildman–Crippen MR) is 79.2 cm³/mol. The normalized spacial score (nSPS) is 11.0. The van der Waals surface area contributed by atoms with Crippen LogP contribution < -0.4 is 4.90 Å². The number of amides is 2. The van der Waals surface area contributed by atoms with Gasteiger partial charge in [0.25, 0.3) is 0 Å². The number of nitrogens with zero attached hydrogens (tertiary/aromatic N) is 2. The highest BCUT2D eigenvalue weighted by atomic mass is 32.2. The minimum atomic E-state index is -3.19. The standard InChI is InChI=1S/C13H18N2O5S/c1-14(8-9-21(2,19)20)13(18)15(10-12(16)17)11-6-4-3-5-7-11/h3-7H,8-10H2,1-2H3,(H,16,17). The molecule has 116 valence electrons. The summed E-state index contributed by atoms with van der Waals surface area (Å²) in [5, 5.41) is 8.93. The number of carbonyl (C=O) groups is 2. The average Bonchev–Trinajstić information content (AvgIpc) is 2.41. The van der Waals surface area contributed by atoms with Gasteiger partial charge in [-0.1, -0.05) is 18.2 Å². The summed E-state index contributed by atoms with van der Waals surface area (Å²) < 4.78 is 22.3. The van der Waals surface area contributed by atoms with Crippen molar-refractivity contribution in [3.63, 3.8) is 0 Å². The second-order valence-electron chi connectivity index (χ2n) is 4.65. The van der Waals surface area contributed by atoms with Crippen LogP contribution in [0.5, 0.6) is 0 Å². The fourth-order valence-corrected chi connectivity index (χ4v) is 2.22. The number of carboxylic acids is 1. The average molecular weight is 314 g/mol. The Morgan fingerprint density at radius 2 is 1.76 bits per heavy atom. The zero-order chi connectivity index (χ0) is 16.0. The van der Waals surface area contributed by atoms with E-state index in [-0.39, 0.29) is 12.3 Å². The van der Waals surface area contributed by atoms with Gasteiger partial charge < -0.3 is 10.0 Å². The number of carboxylic acid groups (broad SMARTS) is 1. The number of para-hydroxylation sites is 1. The smallest absolute Gasteiger partial charge is 0.324 e. The highest BCUT2D eigenvalue weighted by Gasteiger charge is 2.22. The molecular weight excluding hydrogens is 296 g/mol. The first kappa shape index (κ1) is 17.0. The van der Waals surface area contributed by atoms with Gasteiger partial charge in [-0.05, 0) is 12.1 Å². The molecule has 0 aliphatic heterocycles. The SMILES string of the molecule is CN(CCS(C)(=O)=O)C(=O)N(CC(=O)O)c1ccccc1. The first-order chi connectivity index (χ1) is 9.70. The Bertz CT molecular complexity index is 600. The maximum atomic E-state index is 12.3. The number of rotatable bonds is 6. The number of aliphatic carboxylic acids is 1. The summed E-state index contributed by atoms with van der Waals surface area (Å²) in [6, 6.07) is 7.80. The number of benzene rings is 1. The van der Waals surface area contributed by atoms with E-state index in [1.165, 1.54) is 11.9 Å². The van der Waals surface area contributed by atoms with Gasteiger partial charge in [0.2, 0.25) is 0 Å². The Kier molecular flexibility index (Phi) is 5.71. The summed E-state index contributed by atoms with van der Waals surface area (Å²) in [5.41, 5.74) is 0.441. The lowest BCUT2D eigenvalue weighted by atomic mass is 10.3. The Balaban J connectivity index is 2.88. The minimum Gasteiger partial charge on any atom is -0.480 e. The van der Waals surface area contributed by atoms with Gasteiger partial charge in [-0.25, -0.2) is 13.2 Å². The van der Waals surface area contributed by atoms with Crippen molar-refractivity contribution in [1.29, 1.82) is 0 Å². The van der Waals surface area contributed by atoms with E-state index in [4.69, 9.17) is 5.11 Å². The van der Waals surface area contributed by atoms with Crippen molar-refractivity contribution in [3.05, 3.63) is 30.3 Å². The van der Waals surface area contributed by atoms with Crippen LogP contribution in [0.25, 0.3) is 0 Å². The third-order valence-electron chi connectivity index (χ3n) is 2.72. The van der Waals surface area contributed by atoms with Gasteiger partial charge in [-0.15, -0.1) is 0 Å². The summed E-state index contributed by atoms with van der Waals surface area (Å²) in [6.07, 6.45) is 1.08. The summed E-state index contributed by atoms with van der Waals surface area (Å²) in [4.78, 5) is 25.5. The Labute approximate surface area is 123 Å². The van der Waals surface area contributed by atoms with Gasteiger partial charge in [0.15, 0.2) is 0 Å². The third-order valence-corrected chi connectivity index (χ3v) is 3.64.